The Balaban J connectivity index is 1.26. The van der Waals surface area contributed by atoms with E-state index in [2.05, 4.69) is 15.5 Å². The number of hydrogen-bond acceptors (Lipinski definition) is 9. The molecule has 1 aromatic carbocycles. The van der Waals surface area contributed by atoms with Crippen LogP contribution in [0, 0.1) is 0 Å². The zero-order valence-electron chi connectivity index (χ0n) is 19.6. The molecule has 0 spiro atoms. The predicted molar refractivity (Wildman–Crippen MR) is 141 cm³/mol. The van der Waals surface area contributed by atoms with Gasteiger partial charge < -0.3 is 19.2 Å². The van der Waals surface area contributed by atoms with Crippen LogP contribution in [0.2, 0.25) is 10.0 Å². The smallest absolute Gasteiger partial charge is 0.341 e. The fraction of sp³-hybridized carbons (Fsp3) is 0.417. The van der Waals surface area contributed by atoms with Crippen LogP contribution in [0.5, 0.6) is 5.75 Å². The van der Waals surface area contributed by atoms with Crippen molar-refractivity contribution in [1.29, 1.82) is 0 Å². The Morgan fingerprint density at radius 2 is 2.06 bits per heavy atom. The number of benzene rings is 1. The highest BCUT2D eigenvalue weighted by Gasteiger charge is 2.27. The van der Waals surface area contributed by atoms with Gasteiger partial charge in [0.1, 0.15) is 10.8 Å². The Bertz CT molecular complexity index is 1230. The first-order valence-corrected chi connectivity index (χ1v) is 14.1. The van der Waals surface area contributed by atoms with Crippen molar-refractivity contribution in [2.45, 2.75) is 50.7 Å². The molecule has 8 nitrogen and oxygen atoms in total. The van der Waals surface area contributed by atoms with Crippen molar-refractivity contribution in [2.75, 3.05) is 24.3 Å². The third-order valence-electron chi connectivity index (χ3n) is 5.37. The van der Waals surface area contributed by atoms with E-state index >= 15 is 0 Å². The van der Waals surface area contributed by atoms with E-state index in [1.807, 2.05) is 0 Å². The monoisotopic (exact) mass is 569 g/mol. The number of fused-ring (bicyclic) bond motifs is 1. The zero-order valence-corrected chi connectivity index (χ0v) is 22.7. The van der Waals surface area contributed by atoms with E-state index in [0.29, 0.717) is 56.9 Å². The minimum absolute atomic E-state index is 0.0740. The molecule has 2 aromatic heterocycles. The highest BCUT2D eigenvalue weighted by molar-refractivity contribution is 7.99. The fourth-order valence-corrected chi connectivity index (χ4v) is 6.10. The van der Waals surface area contributed by atoms with Crippen LogP contribution in [-0.4, -0.2) is 41.0 Å². The number of nitrogens with one attached hydrogen (secondary N) is 1. The van der Waals surface area contributed by atoms with Crippen LogP contribution in [0.3, 0.4) is 0 Å². The summed E-state index contributed by atoms with van der Waals surface area (Å²) < 4.78 is 16.5. The Labute approximate surface area is 227 Å². The lowest BCUT2D eigenvalue weighted by atomic mass is 9.95. The lowest BCUT2D eigenvalue weighted by Gasteiger charge is -2.12. The van der Waals surface area contributed by atoms with Crippen LogP contribution in [0.15, 0.2) is 27.8 Å². The number of nitrogens with zero attached hydrogens (tertiary/aromatic N) is 2. The number of aryl methyl sites for hydroxylation is 2. The molecule has 3 aromatic rings. The molecular weight excluding hydrogens is 545 g/mol. The molecule has 0 unspecified atom stereocenters. The summed E-state index contributed by atoms with van der Waals surface area (Å²) in [5, 5.41) is 12.8. The van der Waals surface area contributed by atoms with E-state index in [9.17, 15) is 9.59 Å². The first-order valence-electron chi connectivity index (χ1n) is 11.6. The highest BCUT2D eigenvalue weighted by atomic mass is 35.5. The SMILES string of the molecule is CCOC(=O)c1c(NC(=O)CSc2nnc(CCCOc3ccc(Cl)cc3Cl)o2)sc2c1CCCC2. The van der Waals surface area contributed by atoms with Gasteiger partial charge in [-0.05, 0) is 62.8 Å². The third kappa shape index (κ3) is 6.94. The lowest BCUT2D eigenvalue weighted by Crippen LogP contribution is -2.17. The van der Waals surface area contributed by atoms with E-state index in [4.69, 9.17) is 37.1 Å². The normalized spacial score (nSPS) is 12.8. The average molecular weight is 571 g/mol. The summed E-state index contributed by atoms with van der Waals surface area (Å²) in [4.78, 5) is 26.3. The maximum atomic E-state index is 12.6. The first-order chi connectivity index (χ1) is 17.4. The standard InChI is InChI=1S/C24H25Cl2N3O5S2/c1-2-32-23(31)21-15-6-3-4-7-18(15)36-22(21)27-19(30)13-35-24-29-28-20(34-24)8-5-11-33-17-10-9-14(25)12-16(17)26/h9-10,12H,2-8,11,13H2,1H3,(H,27,30). The Hall–Kier alpha value is -2.27. The van der Waals surface area contributed by atoms with E-state index in [-0.39, 0.29) is 24.2 Å². The van der Waals surface area contributed by atoms with Gasteiger partial charge in [0.05, 0.1) is 29.6 Å². The van der Waals surface area contributed by atoms with Gasteiger partial charge in [-0.2, -0.15) is 0 Å². The molecule has 1 N–H and O–H groups in total. The second-order valence-electron chi connectivity index (χ2n) is 7.96. The number of carbonyl (C=O) groups excluding carboxylic acids is 2. The number of thiophene rings is 1. The van der Waals surface area contributed by atoms with Gasteiger partial charge in [0.15, 0.2) is 0 Å². The van der Waals surface area contributed by atoms with Crippen molar-refractivity contribution in [3.63, 3.8) is 0 Å². The number of rotatable bonds is 11. The van der Waals surface area contributed by atoms with Crippen LogP contribution in [0.4, 0.5) is 5.00 Å². The summed E-state index contributed by atoms with van der Waals surface area (Å²) >= 11 is 14.6. The van der Waals surface area contributed by atoms with Crippen LogP contribution < -0.4 is 10.1 Å². The predicted octanol–water partition coefficient (Wildman–Crippen LogP) is 6.24. The van der Waals surface area contributed by atoms with Gasteiger partial charge in [-0.25, -0.2) is 4.79 Å². The van der Waals surface area contributed by atoms with Gasteiger partial charge in [0.25, 0.3) is 5.22 Å². The molecule has 1 aliphatic carbocycles. The lowest BCUT2D eigenvalue weighted by molar-refractivity contribution is -0.113. The molecule has 0 fully saturated rings. The van der Waals surface area contributed by atoms with Gasteiger partial charge in [0, 0.05) is 16.3 Å². The summed E-state index contributed by atoms with van der Waals surface area (Å²) in [7, 11) is 0. The molecule has 2 heterocycles. The molecule has 36 heavy (non-hydrogen) atoms. The first kappa shape index (κ1) is 26.8. The van der Waals surface area contributed by atoms with Crippen molar-refractivity contribution >= 4 is 63.2 Å². The molecule has 0 radical (unpaired) electrons. The Kier molecular flexibility index (Phi) is 9.53. The maximum absolute atomic E-state index is 12.6. The van der Waals surface area contributed by atoms with Crippen LogP contribution >= 0.6 is 46.3 Å². The summed E-state index contributed by atoms with van der Waals surface area (Å²) in [6.07, 6.45) is 5.02. The second-order valence-corrected chi connectivity index (χ2v) is 10.8. The fourth-order valence-electron chi connectivity index (χ4n) is 3.76. The molecule has 0 aliphatic heterocycles. The second kappa shape index (κ2) is 12.8. The summed E-state index contributed by atoms with van der Waals surface area (Å²) in [5.41, 5.74) is 1.51. The van der Waals surface area contributed by atoms with E-state index in [1.54, 1.807) is 25.1 Å². The van der Waals surface area contributed by atoms with Crippen LogP contribution in [0.25, 0.3) is 0 Å². The van der Waals surface area contributed by atoms with E-state index < -0.39 is 0 Å². The zero-order chi connectivity index (χ0) is 25.5. The van der Waals surface area contributed by atoms with Gasteiger partial charge >= 0.3 is 5.97 Å². The molecular formula is C24H25Cl2N3O5S2. The number of hydrogen-bond donors (Lipinski definition) is 1. The summed E-state index contributed by atoms with van der Waals surface area (Å²) in [5.74, 6) is 0.455. The molecule has 0 saturated carbocycles. The van der Waals surface area contributed by atoms with Crippen molar-refractivity contribution in [3.05, 3.63) is 50.1 Å². The van der Waals surface area contributed by atoms with Crippen LogP contribution in [-0.2, 0) is 28.8 Å². The van der Waals surface area contributed by atoms with E-state index in [1.165, 1.54) is 11.3 Å². The quantitative estimate of drug-likeness (QED) is 0.164. The Morgan fingerprint density at radius 1 is 1.22 bits per heavy atom. The number of thioether (sulfide) groups is 1. The molecule has 0 atom stereocenters. The molecule has 0 bridgehead atoms. The number of carbonyl (C=O) groups is 2. The minimum Gasteiger partial charge on any atom is -0.492 e. The molecule has 192 valence electrons. The summed E-state index contributed by atoms with van der Waals surface area (Å²) in [6.45, 7) is 2.47. The number of anilines is 1. The number of aromatic nitrogens is 2. The number of ether oxygens (including phenoxy) is 2. The molecule has 12 heteroatoms. The third-order valence-corrected chi connectivity index (χ3v) is 7.92. The van der Waals surface area contributed by atoms with Gasteiger partial charge in [-0.15, -0.1) is 21.5 Å². The van der Waals surface area contributed by atoms with Gasteiger partial charge in [0.2, 0.25) is 11.8 Å². The van der Waals surface area contributed by atoms with E-state index in [0.717, 1.165) is 47.9 Å². The largest absolute Gasteiger partial charge is 0.492 e. The molecule has 1 amide bonds. The average Bonchev–Trinajstić information content (AvgIpc) is 3.45. The maximum Gasteiger partial charge on any atom is 0.341 e. The highest BCUT2D eigenvalue weighted by Crippen LogP contribution is 2.38. The number of halogens is 2. The van der Waals surface area contributed by atoms with Crippen molar-refractivity contribution in [1.82, 2.24) is 10.2 Å². The van der Waals surface area contributed by atoms with Gasteiger partial charge in [-0.1, -0.05) is 35.0 Å². The molecule has 1 aliphatic rings. The molecule has 4 rings (SSSR count). The van der Waals surface area contributed by atoms with Crippen molar-refractivity contribution in [3.8, 4) is 5.75 Å². The minimum atomic E-state index is -0.385. The van der Waals surface area contributed by atoms with Crippen LogP contribution in [0.1, 0.15) is 52.9 Å². The topological polar surface area (TPSA) is 104 Å². The number of amides is 1. The Morgan fingerprint density at radius 3 is 2.86 bits per heavy atom. The van der Waals surface area contributed by atoms with Crippen molar-refractivity contribution in [2.24, 2.45) is 0 Å². The van der Waals surface area contributed by atoms with Gasteiger partial charge in [-0.3, -0.25) is 4.79 Å². The summed E-state index contributed by atoms with van der Waals surface area (Å²) in [6, 6.07) is 5.06. The van der Waals surface area contributed by atoms with Crippen molar-refractivity contribution < 1.29 is 23.5 Å². The molecule has 0 saturated heterocycles. The number of esters is 1.